The molecule has 2 amide bonds. The molecule has 138 valence electrons. The van der Waals surface area contributed by atoms with E-state index in [0.29, 0.717) is 0 Å². The number of carbonyl (C=O) groups is 1. The molecule has 0 spiro atoms. The Bertz CT molecular complexity index is 1010. The molecule has 1 heterocycles. The smallest absolute Gasteiger partial charge is 0.318 e. The van der Waals surface area contributed by atoms with Gasteiger partial charge in [0.25, 0.3) is 0 Å². The molecule has 0 atom stereocenters. The summed E-state index contributed by atoms with van der Waals surface area (Å²) in [6.45, 7) is 6.04. The van der Waals surface area contributed by atoms with Crippen molar-refractivity contribution in [1.82, 2.24) is 9.99 Å². The van der Waals surface area contributed by atoms with Crippen molar-refractivity contribution in [2.75, 3.05) is 5.32 Å². The van der Waals surface area contributed by atoms with Gasteiger partial charge in [-0.3, -0.25) is 0 Å². The van der Waals surface area contributed by atoms with Crippen LogP contribution in [0, 0.1) is 24.3 Å². The predicted molar refractivity (Wildman–Crippen MR) is 119 cm³/mol. The second kappa shape index (κ2) is 8.39. The molecule has 2 N–H and O–H groups in total. The second-order valence-electron chi connectivity index (χ2n) is 6.28. The van der Waals surface area contributed by atoms with Gasteiger partial charge >= 0.3 is 6.03 Å². The Labute approximate surface area is 172 Å². The van der Waals surface area contributed by atoms with Crippen LogP contribution in [0.25, 0.3) is 5.69 Å². The molecule has 27 heavy (non-hydrogen) atoms. The average molecular weight is 472 g/mol. The molecule has 3 rings (SSSR count). The number of carbonyl (C=O) groups excluding carboxylic acids is 1. The molecule has 0 aliphatic heterocycles. The highest BCUT2D eigenvalue weighted by atomic mass is 127. The van der Waals surface area contributed by atoms with Crippen LogP contribution in [-0.4, -0.2) is 16.8 Å². The van der Waals surface area contributed by atoms with Crippen LogP contribution in [0.4, 0.5) is 10.5 Å². The van der Waals surface area contributed by atoms with Crippen molar-refractivity contribution in [3.8, 4) is 5.69 Å². The number of anilines is 1. The van der Waals surface area contributed by atoms with Gasteiger partial charge in [-0.1, -0.05) is 24.3 Å². The average Bonchev–Trinajstić information content (AvgIpc) is 2.91. The van der Waals surface area contributed by atoms with Crippen molar-refractivity contribution in [2.45, 2.75) is 20.8 Å². The Kier molecular flexibility index (Phi) is 5.95. The lowest BCUT2D eigenvalue weighted by Gasteiger charge is -2.10. The number of hydrazone groups is 1. The molecule has 3 aromatic rings. The molecule has 0 saturated heterocycles. The Morgan fingerprint density at radius 1 is 1.07 bits per heavy atom. The van der Waals surface area contributed by atoms with E-state index in [2.05, 4.69) is 74.2 Å². The summed E-state index contributed by atoms with van der Waals surface area (Å²) in [6.07, 6.45) is 1.67. The van der Waals surface area contributed by atoms with Crippen LogP contribution in [-0.2, 0) is 0 Å². The number of nitrogens with one attached hydrogen (secondary N) is 2. The fraction of sp³-hybridized carbons (Fsp3) is 0.143. The van der Waals surface area contributed by atoms with Gasteiger partial charge in [0, 0.05) is 31.9 Å². The van der Waals surface area contributed by atoms with Gasteiger partial charge in [0.2, 0.25) is 0 Å². The minimum Gasteiger partial charge on any atom is -0.318 e. The number of hydrogen-bond acceptors (Lipinski definition) is 2. The van der Waals surface area contributed by atoms with Gasteiger partial charge in [-0.25, -0.2) is 10.2 Å². The number of hydrogen-bond donors (Lipinski definition) is 2. The fourth-order valence-corrected chi connectivity index (χ4v) is 3.48. The zero-order valence-electron chi connectivity index (χ0n) is 15.5. The van der Waals surface area contributed by atoms with E-state index in [0.717, 1.165) is 33.9 Å². The first kappa shape index (κ1) is 19.2. The predicted octanol–water partition coefficient (Wildman–Crippen LogP) is 5.16. The minimum absolute atomic E-state index is 0.369. The number of urea groups is 1. The summed E-state index contributed by atoms with van der Waals surface area (Å²) in [5.74, 6) is 0. The maximum Gasteiger partial charge on any atom is 0.339 e. The number of benzene rings is 2. The summed E-state index contributed by atoms with van der Waals surface area (Å²) in [5.41, 5.74) is 8.54. The Balaban J connectivity index is 1.72. The van der Waals surface area contributed by atoms with E-state index in [-0.39, 0.29) is 6.03 Å². The van der Waals surface area contributed by atoms with E-state index >= 15 is 0 Å². The largest absolute Gasteiger partial charge is 0.339 e. The third-order valence-electron chi connectivity index (χ3n) is 4.30. The maximum atomic E-state index is 12.0. The van der Waals surface area contributed by atoms with Crippen LogP contribution in [0.2, 0.25) is 0 Å². The molecular weight excluding hydrogens is 451 g/mol. The second-order valence-corrected chi connectivity index (χ2v) is 7.53. The van der Waals surface area contributed by atoms with Crippen LogP contribution in [0.3, 0.4) is 0 Å². The molecule has 5 nitrogen and oxygen atoms in total. The number of halogens is 1. The van der Waals surface area contributed by atoms with Gasteiger partial charge in [0.1, 0.15) is 0 Å². The van der Waals surface area contributed by atoms with E-state index < -0.39 is 0 Å². The number of nitrogens with zero attached hydrogens (tertiary/aromatic N) is 2. The maximum absolute atomic E-state index is 12.0. The minimum atomic E-state index is -0.369. The van der Waals surface area contributed by atoms with Crippen molar-refractivity contribution in [3.63, 3.8) is 0 Å². The third kappa shape index (κ3) is 4.57. The SMILES string of the molecule is Cc1ccccc1NC(=O)NN=Cc1cc(C)n(-c2cccc(I)c2)c1C. The van der Waals surface area contributed by atoms with Crippen LogP contribution in [0.1, 0.15) is 22.5 Å². The van der Waals surface area contributed by atoms with Crippen LogP contribution in [0.5, 0.6) is 0 Å². The molecule has 0 radical (unpaired) electrons. The Morgan fingerprint density at radius 2 is 1.85 bits per heavy atom. The summed E-state index contributed by atoms with van der Waals surface area (Å²) in [5, 5.41) is 6.88. The van der Waals surface area contributed by atoms with E-state index in [4.69, 9.17) is 0 Å². The normalized spacial score (nSPS) is 11.0. The number of amides is 2. The molecule has 0 aliphatic rings. The number of rotatable bonds is 4. The summed E-state index contributed by atoms with van der Waals surface area (Å²) < 4.78 is 3.36. The summed E-state index contributed by atoms with van der Waals surface area (Å²) in [6, 6.07) is 17.6. The van der Waals surface area contributed by atoms with Gasteiger partial charge in [0.05, 0.1) is 6.21 Å². The highest BCUT2D eigenvalue weighted by Crippen LogP contribution is 2.21. The standard InChI is InChI=1S/C21H21IN4O/c1-14-7-4-5-10-20(14)24-21(27)25-23-13-17-11-15(2)26(16(17)3)19-9-6-8-18(22)12-19/h4-13H,1-3H3,(H2,24,25,27). The molecule has 0 aliphatic carbocycles. The molecule has 1 aromatic heterocycles. The molecule has 0 unspecified atom stereocenters. The highest BCUT2D eigenvalue weighted by molar-refractivity contribution is 14.1. The van der Waals surface area contributed by atoms with E-state index in [9.17, 15) is 4.79 Å². The number of aryl methyl sites for hydroxylation is 2. The zero-order valence-corrected chi connectivity index (χ0v) is 17.6. The molecular formula is C21H21IN4O. The zero-order chi connectivity index (χ0) is 19.4. The van der Waals surface area contributed by atoms with Gasteiger partial charge in [0.15, 0.2) is 0 Å². The first-order valence-corrected chi connectivity index (χ1v) is 9.64. The van der Waals surface area contributed by atoms with E-state index in [1.165, 1.54) is 3.57 Å². The van der Waals surface area contributed by atoms with Crippen molar-refractivity contribution in [2.24, 2.45) is 5.10 Å². The van der Waals surface area contributed by atoms with Gasteiger partial charge in [-0.15, -0.1) is 0 Å². The van der Waals surface area contributed by atoms with Crippen LogP contribution in [0.15, 0.2) is 59.7 Å². The molecule has 0 bridgehead atoms. The van der Waals surface area contributed by atoms with Crippen molar-refractivity contribution >= 4 is 40.5 Å². The van der Waals surface area contributed by atoms with Gasteiger partial charge in [-0.05, 0) is 79.3 Å². The quantitative estimate of drug-likeness (QED) is 0.308. The van der Waals surface area contributed by atoms with Crippen molar-refractivity contribution in [1.29, 1.82) is 0 Å². The van der Waals surface area contributed by atoms with Crippen LogP contribution >= 0.6 is 22.6 Å². The van der Waals surface area contributed by atoms with Crippen molar-refractivity contribution < 1.29 is 4.79 Å². The molecule has 6 heteroatoms. The lowest BCUT2D eigenvalue weighted by atomic mass is 10.2. The first-order chi connectivity index (χ1) is 13.0. The van der Waals surface area contributed by atoms with E-state index in [1.807, 2.05) is 44.2 Å². The topological polar surface area (TPSA) is 58.4 Å². The van der Waals surface area contributed by atoms with Crippen LogP contribution < -0.4 is 10.7 Å². The first-order valence-electron chi connectivity index (χ1n) is 8.56. The summed E-state index contributed by atoms with van der Waals surface area (Å²) in [4.78, 5) is 12.0. The monoisotopic (exact) mass is 472 g/mol. The number of aromatic nitrogens is 1. The molecule has 0 saturated carbocycles. The number of para-hydroxylation sites is 1. The van der Waals surface area contributed by atoms with Crippen molar-refractivity contribution in [3.05, 3.63) is 80.7 Å². The fourth-order valence-electron chi connectivity index (χ4n) is 2.95. The Morgan fingerprint density at radius 3 is 2.59 bits per heavy atom. The van der Waals surface area contributed by atoms with Gasteiger partial charge < -0.3 is 9.88 Å². The lowest BCUT2D eigenvalue weighted by molar-refractivity contribution is 0.252. The summed E-state index contributed by atoms with van der Waals surface area (Å²) >= 11 is 2.31. The molecule has 0 fully saturated rings. The Hall–Kier alpha value is -2.61. The van der Waals surface area contributed by atoms with Gasteiger partial charge in [-0.2, -0.15) is 5.10 Å². The summed E-state index contributed by atoms with van der Waals surface area (Å²) in [7, 11) is 0. The third-order valence-corrected chi connectivity index (χ3v) is 4.97. The molecule has 2 aromatic carbocycles. The highest BCUT2D eigenvalue weighted by Gasteiger charge is 2.10. The lowest BCUT2D eigenvalue weighted by Crippen LogP contribution is -2.24. The van der Waals surface area contributed by atoms with E-state index in [1.54, 1.807) is 6.21 Å².